The predicted octanol–water partition coefficient (Wildman–Crippen LogP) is 5.60. The zero-order valence-electron chi connectivity index (χ0n) is 19.4. The molecule has 0 aliphatic carbocycles. The molecule has 0 bridgehead atoms. The average molecular weight is 539 g/mol. The van der Waals surface area contributed by atoms with Gasteiger partial charge in [-0.25, -0.2) is 9.48 Å². The summed E-state index contributed by atoms with van der Waals surface area (Å²) in [5.41, 5.74) is 0.383. The van der Waals surface area contributed by atoms with Gasteiger partial charge in [0, 0.05) is 5.56 Å². The molecular weight excluding hydrogens is 521 g/mol. The van der Waals surface area contributed by atoms with Gasteiger partial charge in [0.2, 0.25) is 0 Å². The minimum absolute atomic E-state index is 0.108. The molecule has 3 aromatic carbocycles. The number of imide groups is 1. The zero-order chi connectivity index (χ0) is 27.0. The molecule has 3 amide bonds. The summed E-state index contributed by atoms with van der Waals surface area (Å²) in [6.07, 6.45) is -3.22. The highest BCUT2D eigenvalue weighted by atomic mass is 35.5. The third-order valence-electron chi connectivity index (χ3n) is 5.96. The van der Waals surface area contributed by atoms with E-state index in [4.69, 9.17) is 11.6 Å². The second-order valence-corrected chi connectivity index (χ2v) is 8.84. The molecule has 1 aromatic heterocycles. The molecule has 192 valence electrons. The number of hydrogen-bond acceptors (Lipinski definition) is 3. The largest absolute Gasteiger partial charge is 0.416 e. The van der Waals surface area contributed by atoms with E-state index < -0.39 is 29.2 Å². The number of nitrogens with one attached hydrogen (secondary N) is 2. The van der Waals surface area contributed by atoms with Crippen LogP contribution in [0.4, 0.5) is 18.0 Å². The van der Waals surface area contributed by atoms with Gasteiger partial charge in [-0.15, -0.1) is 0 Å². The van der Waals surface area contributed by atoms with Gasteiger partial charge in [0.05, 0.1) is 34.1 Å². The van der Waals surface area contributed by atoms with Gasteiger partial charge in [0.15, 0.2) is 0 Å². The van der Waals surface area contributed by atoms with Gasteiger partial charge < -0.3 is 5.32 Å². The highest BCUT2D eigenvalue weighted by Gasteiger charge is 2.35. The summed E-state index contributed by atoms with van der Waals surface area (Å²) in [7, 11) is 0. The lowest BCUT2D eigenvalue weighted by Crippen LogP contribution is -2.30. The van der Waals surface area contributed by atoms with Gasteiger partial charge in [-0.05, 0) is 35.9 Å². The number of benzene rings is 3. The molecule has 1 fully saturated rings. The zero-order valence-corrected chi connectivity index (χ0v) is 20.2. The number of urea groups is 1. The van der Waals surface area contributed by atoms with Crippen LogP contribution in [0.1, 0.15) is 16.7 Å². The highest BCUT2D eigenvalue weighted by molar-refractivity contribution is 6.32. The van der Waals surface area contributed by atoms with Crippen molar-refractivity contribution in [2.75, 3.05) is 0 Å². The molecule has 1 aliphatic rings. The van der Waals surface area contributed by atoms with Crippen molar-refractivity contribution in [1.29, 1.82) is 0 Å². The molecule has 38 heavy (non-hydrogen) atoms. The van der Waals surface area contributed by atoms with E-state index in [0.717, 1.165) is 17.0 Å². The first-order valence-corrected chi connectivity index (χ1v) is 11.7. The fourth-order valence-corrected chi connectivity index (χ4v) is 4.27. The quantitative estimate of drug-likeness (QED) is 0.256. The lowest BCUT2D eigenvalue weighted by atomic mass is 10.1. The fourth-order valence-electron chi connectivity index (χ4n) is 4.05. The van der Waals surface area contributed by atoms with Gasteiger partial charge in [-0.3, -0.25) is 19.6 Å². The fraction of sp³-hybridized carbons (Fsp3) is 0.0741. The minimum Gasteiger partial charge on any atom is -0.303 e. The molecule has 0 saturated carbocycles. The Balaban J connectivity index is 1.52. The Kier molecular flexibility index (Phi) is 6.41. The van der Waals surface area contributed by atoms with Gasteiger partial charge in [0.1, 0.15) is 5.70 Å². The number of aromatic amines is 1. The van der Waals surface area contributed by atoms with Crippen molar-refractivity contribution in [2.24, 2.45) is 0 Å². The molecule has 0 unspecified atom stereocenters. The maximum absolute atomic E-state index is 13.5. The Morgan fingerprint density at radius 3 is 2.18 bits per heavy atom. The SMILES string of the molecule is O=C1N/C(=C\c2c(-c3ccccc3)[nH]n(-c3ccccc3Cl)c2=O)C(=O)N1Cc1ccc(C(F)(F)F)cc1. The summed E-state index contributed by atoms with van der Waals surface area (Å²) in [5, 5.41) is 5.81. The van der Waals surface area contributed by atoms with Crippen molar-refractivity contribution >= 4 is 29.6 Å². The Labute approximate surface area is 218 Å². The molecule has 4 aromatic rings. The number of nitrogens with zero attached hydrogens (tertiary/aromatic N) is 2. The van der Waals surface area contributed by atoms with E-state index in [2.05, 4.69) is 10.4 Å². The van der Waals surface area contributed by atoms with Crippen LogP contribution in [0.5, 0.6) is 0 Å². The molecule has 0 atom stereocenters. The Hall–Kier alpha value is -4.57. The van der Waals surface area contributed by atoms with Crippen LogP contribution >= 0.6 is 11.6 Å². The molecule has 2 heterocycles. The molecule has 7 nitrogen and oxygen atoms in total. The summed E-state index contributed by atoms with van der Waals surface area (Å²) in [5.74, 6) is -0.723. The topological polar surface area (TPSA) is 87.2 Å². The lowest BCUT2D eigenvalue weighted by molar-refractivity contribution is -0.137. The number of para-hydroxylation sites is 1. The number of carbonyl (C=O) groups excluding carboxylic acids is 2. The maximum atomic E-state index is 13.5. The highest BCUT2D eigenvalue weighted by Crippen LogP contribution is 2.30. The van der Waals surface area contributed by atoms with Crippen molar-refractivity contribution in [1.82, 2.24) is 20.0 Å². The second-order valence-electron chi connectivity index (χ2n) is 8.43. The number of carbonyl (C=O) groups is 2. The standard InChI is InChI=1S/C27H18ClF3N4O3/c28-20-8-4-5-9-22(20)35-24(36)19(23(33-35)17-6-2-1-3-7-17)14-21-25(37)34(26(38)32-21)15-16-10-12-18(13-11-16)27(29,30)31/h1-14,33H,15H2,(H,32,38)/b21-14-. The monoisotopic (exact) mass is 538 g/mol. The van der Waals surface area contributed by atoms with Crippen LogP contribution in [-0.4, -0.2) is 26.6 Å². The molecule has 0 spiro atoms. The van der Waals surface area contributed by atoms with Crippen molar-refractivity contribution < 1.29 is 22.8 Å². The Bertz CT molecular complexity index is 1620. The number of H-pyrrole nitrogens is 1. The molecule has 5 rings (SSSR count). The molecule has 0 radical (unpaired) electrons. The van der Waals surface area contributed by atoms with E-state index in [-0.39, 0.29) is 17.8 Å². The van der Waals surface area contributed by atoms with E-state index in [0.29, 0.717) is 27.5 Å². The van der Waals surface area contributed by atoms with E-state index in [1.165, 1.54) is 22.9 Å². The number of alkyl halides is 3. The average Bonchev–Trinajstić information content (AvgIpc) is 3.35. The van der Waals surface area contributed by atoms with Crippen LogP contribution in [-0.2, 0) is 17.5 Å². The van der Waals surface area contributed by atoms with Crippen LogP contribution in [0.2, 0.25) is 5.02 Å². The van der Waals surface area contributed by atoms with Crippen molar-refractivity contribution in [2.45, 2.75) is 12.7 Å². The Morgan fingerprint density at radius 1 is 0.868 bits per heavy atom. The van der Waals surface area contributed by atoms with E-state index in [1.54, 1.807) is 48.5 Å². The maximum Gasteiger partial charge on any atom is 0.416 e. The number of aromatic nitrogens is 2. The summed E-state index contributed by atoms with van der Waals surface area (Å²) >= 11 is 6.31. The van der Waals surface area contributed by atoms with Gasteiger partial charge in [0.25, 0.3) is 11.5 Å². The summed E-state index contributed by atoms with van der Waals surface area (Å²) < 4.78 is 39.8. The van der Waals surface area contributed by atoms with Crippen LogP contribution < -0.4 is 10.9 Å². The third kappa shape index (κ3) is 4.73. The Morgan fingerprint density at radius 2 is 1.53 bits per heavy atom. The van der Waals surface area contributed by atoms with E-state index in [1.807, 2.05) is 6.07 Å². The predicted molar refractivity (Wildman–Crippen MR) is 135 cm³/mol. The van der Waals surface area contributed by atoms with Gasteiger partial charge >= 0.3 is 12.2 Å². The van der Waals surface area contributed by atoms with Crippen LogP contribution in [0, 0.1) is 0 Å². The normalized spacial score (nSPS) is 14.8. The first-order valence-electron chi connectivity index (χ1n) is 11.3. The van der Waals surface area contributed by atoms with Crippen LogP contribution in [0.3, 0.4) is 0 Å². The number of amides is 3. The van der Waals surface area contributed by atoms with Crippen LogP contribution in [0.15, 0.2) is 89.4 Å². The van der Waals surface area contributed by atoms with Crippen molar-refractivity contribution in [3.05, 3.63) is 117 Å². The number of halogens is 4. The second kappa shape index (κ2) is 9.71. The van der Waals surface area contributed by atoms with Crippen molar-refractivity contribution in [3.8, 4) is 16.9 Å². The van der Waals surface area contributed by atoms with E-state index >= 15 is 0 Å². The summed E-state index contributed by atoms with van der Waals surface area (Å²) in [6, 6.07) is 19.1. The molecule has 1 aliphatic heterocycles. The number of hydrogen-bond donors (Lipinski definition) is 2. The molecule has 2 N–H and O–H groups in total. The minimum atomic E-state index is -4.50. The molecule has 11 heteroatoms. The van der Waals surface area contributed by atoms with Crippen LogP contribution in [0.25, 0.3) is 23.0 Å². The summed E-state index contributed by atoms with van der Waals surface area (Å²) in [6.45, 7) is -0.247. The van der Waals surface area contributed by atoms with Gasteiger partial charge in [-0.1, -0.05) is 66.2 Å². The van der Waals surface area contributed by atoms with Gasteiger partial charge in [-0.2, -0.15) is 13.2 Å². The third-order valence-corrected chi connectivity index (χ3v) is 6.27. The number of rotatable bonds is 5. The molecule has 1 saturated heterocycles. The first-order chi connectivity index (χ1) is 18.1. The van der Waals surface area contributed by atoms with Crippen molar-refractivity contribution in [3.63, 3.8) is 0 Å². The summed E-state index contributed by atoms with van der Waals surface area (Å²) in [4.78, 5) is 40.0. The lowest BCUT2D eigenvalue weighted by Gasteiger charge is -2.13. The molecular formula is C27H18ClF3N4O3. The first kappa shape index (κ1) is 25.1. The van der Waals surface area contributed by atoms with E-state index in [9.17, 15) is 27.6 Å². The smallest absolute Gasteiger partial charge is 0.303 e.